The molecule has 0 saturated heterocycles. The molecule has 0 aromatic carbocycles. The third kappa shape index (κ3) is 1.97. The number of nitrogens with zero attached hydrogens (tertiary/aromatic N) is 1. The van der Waals surface area contributed by atoms with Crippen LogP contribution < -0.4 is 4.74 Å². The van der Waals surface area contributed by atoms with E-state index in [0.29, 0.717) is 11.8 Å². The fourth-order valence-electron chi connectivity index (χ4n) is 1.03. The van der Waals surface area contributed by atoms with Crippen molar-refractivity contribution in [2.75, 3.05) is 7.11 Å². The lowest BCUT2D eigenvalue weighted by atomic mass is 10.1. The molecule has 0 amide bonds. The zero-order chi connectivity index (χ0) is 9.14. The SMILES string of the molecule is COc1ncc(Br)cc1C(C)C. The van der Waals surface area contributed by atoms with Crippen LogP contribution in [0.25, 0.3) is 0 Å². The molecule has 0 aliphatic heterocycles. The van der Waals surface area contributed by atoms with Crippen LogP contribution in [0, 0.1) is 0 Å². The summed E-state index contributed by atoms with van der Waals surface area (Å²) in [5, 5.41) is 0. The summed E-state index contributed by atoms with van der Waals surface area (Å²) in [4.78, 5) is 4.15. The van der Waals surface area contributed by atoms with Gasteiger partial charge in [0.05, 0.1) is 7.11 Å². The molecule has 2 nitrogen and oxygen atoms in total. The van der Waals surface area contributed by atoms with Gasteiger partial charge in [-0.2, -0.15) is 0 Å². The van der Waals surface area contributed by atoms with E-state index in [9.17, 15) is 0 Å². The van der Waals surface area contributed by atoms with Crippen molar-refractivity contribution in [2.24, 2.45) is 0 Å². The molecule has 0 unspecified atom stereocenters. The smallest absolute Gasteiger partial charge is 0.216 e. The number of aromatic nitrogens is 1. The van der Waals surface area contributed by atoms with E-state index in [1.54, 1.807) is 13.3 Å². The minimum absolute atomic E-state index is 0.435. The minimum atomic E-state index is 0.435. The van der Waals surface area contributed by atoms with Crippen molar-refractivity contribution in [2.45, 2.75) is 19.8 Å². The number of rotatable bonds is 2. The summed E-state index contributed by atoms with van der Waals surface area (Å²) in [5.74, 6) is 1.15. The molecule has 12 heavy (non-hydrogen) atoms. The average molecular weight is 230 g/mol. The molecule has 0 spiro atoms. The molecule has 1 heterocycles. The maximum atomic E-state index is 5.13. The lowest BCUT2D eigenvalue weighted by molar-refractivity contribution is 0.390. The molecule has 0 N–H and O–H groups in total. The first-order valence-corrected chi connectivity index (χ1v) is 4.64. The van der Waals surface area contributed by atoms with E-state index in [1.807, 2.05) is 6.07 Å². The quantitative estimate of drug-likeness (QED) is 0.779. The first-order chi connectivity index (χ1) is 5.65. The summed E-state index contributed by atoms with van der Waals surface area (Å²) >= 11 is 3.38. The third-order valence-corrected chi connectivity index (χ3v) is 2.09. The van der Waals surface area contributed by atoms with Crippen LogP contribution in [-0.2, 0) is 0 Å². The highest BCUT2D eigenvalue weighted by molar-refractivity contribution is 9.10. The van der Waals surface area contributed by atoms with Crippen LogP contribution in [0.15, 0.2) is 16.7 Å². The minimum Gasteiger partial charge on any atom is -0.481 e. The Hall–Kier alpha value is -0.570. The van der Waals surface area contributed by atoms with E-state index >= 15 is 0 Å². The van der Waals surface area contributed by atoms with Crippen molar-refractivity contribution in [1.29, 1.82) is 0 Å². The molecule has 0 bridgehead atoms. The van der Waals surface area contributed by atoms with E-state index in [1.165, 1.54) is 0 Å². The van der Waals surface area contributed by atoms with Gasteiger partial charge in [-0.25, -0.2) is 4.98 Å². The normalized spacial score (nSPS) is 10.4. The molecule has 3 heteroatoms. The Morgan fingerprint density at radius 3 is 2.67 bits per heavy atom. The van der Waals surface area contributed by atoms with Crippen LogP contribution in [0.1, 0.15) is 25.3 Å². The van der Waals surface area contributed by atoms with Crippen molar-refractivity contribution in [3.05, 3.63) is 22.3 Å². The number of methoxy groups -OCH3 is 1. The second-order valence-electron chi connectivity index (χ2n) is 2.91. The molecule has 0 radical (unpaired) electrons. The van der Waals surface area contributed by atoms with E-state index < -0.39 is 0 Å². The fraction of sp³-hybridized carbons (Fsp3) is 0.444. The Balaban J connectivity index is 3.12. The highest BCUT2D eigenvalue weighted by Gasteiger charge is 2.08. The van der Waals surface area contributed by atoms with Crippen molar-refractivity contribution in [3.63, 3.8) is 0 Å². The zero-order valence-corrected chi connectivity index (χ0v) is 9.05. The maximum Gasteiger partial charge on any atom is 0.216 e. The Bertz CT molecular complexity index is 273. The summed E-state index contributed by atoms with van der Waals surface area (Å²) in [7, 11) is 1.64. The van der Waals surface area contributed by atoms with Gasteiger partial charge < -0.3 is 4.74 Å². The van der Waals surface area contributed by atoms with Gasteiger partial charge in [0.25, 0.3) is 0 Å². The molecule has 1 rings (SSSR count). The molecular weight excluding hydrogens is 218 g/mol. The highest BCUT2D eigenvalue weighted by atomic mass is 79.9. The molecule has 0 saturated carbocycles. The monoisotopic (exact) mass is 229 g/mol. The van der Waals surface area contributed by atoms with Gasteiger partial charge >= 0.3 is 0 Å². The van der Waals surface area contributed by atoms with Crippen LogP contribution in [-0.4, -0.2) is 12.1 Å². The Morgan fingerprint density at radius 1 is 1.50 bits per heavy atom. The Morgan fingerprint density at radius 2 is 2.17 bits per heavy atom. The molecule has 0 aliphatic carbocycles. The number of hydrogen-bond donors (Lipinski definition) is 0. The van der Waals surface area contributed by atoms with E-state index in [4.69, 9.17) is 4.74 Å². The summed E-state index contributed by atoms with van der Waals surface area (Å²) in [6.45, 7) is 4.23. The molecule has 0 aliphatic rings. The standard InChI is InChI=1S/C9H12BrNO/c1-6(2)8-4-7(10)5-11-9(8)12-3/h4-6H,1-3H3. The summed E-state index contributed by atoms with van der Waals surface area (Å²) in [6, 6.07) is 2.04. The van der Waals surface area contributed by atoms with Gasteiger partial charge in [0, 0.05) is 16.2 Å². The van der Waals surface area contributed by atoms with Crippen LogP contribution in [0.2, 0.25) is 0 Å². The molecule has 1 aromatic rings. The largest absolute Gasteiger partial charge is 0.481 e. The summed E-state index contributed by atoms with van der Waals surface area (Å²) < 4.78 is 6.12. The topological polar surface area (TPSA) is 22.1 Å². The predicted octanol–water partition coefficient (Wildman–Crippen LogP) is 2.98. The van der Waals surface area contributed by atoms with Crippen LogP contribution in [0.5, 0.6) is 5.88 Å². The Labute approximate surface area is 81.1 Å². The van der Waals surface area contributed by atoms with Crippen molar-refractivity contribution >= 4 is 15.9 Å². The Kier molecular flexibility index (Phi) is 3.09. The van der Waals surface area contributed by atoms with Gasteiger partial charge in [-0.3, -0.25) is 0 Å². The van der Waals surface area contributed by atoms with Crippen LogP contribution >= 0.6 is 15.9 Å². The van der Waals surface area contributed by atoms with E-state index in [2.05, 4.69) is 34.8 Å². The molecular formula is C9H12BrNO. The summed E-state index contributed by atoms with van der Waals surface area (Å²) in [5.41, 5.74) is 1.13. The molecule has 0 atom stereocenters. The van der Waals surface area contributed by atoms with Gasteiger partial charge in [-0.05, 0) is 27.9 Å². The second kappa shape index (κ2) is 3.90. The lowest BCUT2D eigenvalue weighted by Gasteiger charge is -2.09. The van der Waals surface area contributed by atoms with Gasteiger partial charge in [-0.15, -0.1) is 0 Å². The number of hydrogen-bond acceptors (Lipinski definition) is 2. The average Bonchev–Trinajstić information content (AvgIpc) is 2.04. The molecule has 66 valence electrons. The van der Waals surface area contributed by atoms with Crippen LogP contribution in [0.3, 0.4) is 0 Å². The van der Waals surface area contributed by atoms with Crippen molar-refractivity contribution in [1.82, 2.24) is 4.98 Å². The second-order valence-corrected chi connectivity index (χ2v) is 3.82. The number of pyridine rings is 1. The first-order valence-electron chi connectivity index (χ1n) is 3.84. The third-order valence-electron chi connectivity index (χ3n) is 1.66. The number of halogens is 1. The van der Waals surface area contributed by atoms with Crippen molar-refractivity contribution in [3.8, 4) is 5.88 Å². The number of ether oxygens (including phenoxy) is 1. The summed E-state index contributed by atoms with van der Waals surface area (Å²) in [6.07, 6.45) is 1.74. The maximum absolute atomic E-state index is 5.13. The lowest BCUT2D eigenvalue weighted by Crippen LogP contribution is -1.96. The molecule has 0 fully saturated rings. The van der Waals surface area contributed by atoms with Crippen molar-refractivity contribution < 1.29 is 4.74 Å². The predicted molar refractivity (Wildman–Crippen MR) is 52.6 cm³/mol. The first kappa shape index (κ1) is 9.52. The van der Waals surface area contributed by atoms with E-state index in [-0.39, 0.29) is 0 Å². The van der Waals surface area contributed by atoms with Gasteiger partial charge in [0.15, 0.2) is 0 Å². The highest BCUT2D eigenvalue weighted by Crippen LogP contribution is 2.26. The van der Waals surface area contributed by atoms with Gasteiger partial charge in [0.1, 0.15) is 0 Å². The fourth-order valence-corrected chi connectivity index (χ4v) is 1.38. The molecule has 1 aromatic heterocycles. The van der Waals surface area contributed by atoms with Gasteiger partial charge in [0.2, 0.25) is 5.88 Å². The van der Waals surface area contributed by atoms with E-state index in [0.717, 1.165) is 10.0 Å². The zero-order valence-electron chi connectivity index (χ0n) is 7.47. The van der Waals surface area contributed by atoms with Crippen LogP contribution in [0.4, 0.5) is 0 Å². The van der Waals surface area contributed by atoms with Gasteiger partial charge in [-0.1, -0.05) is 13.8 Å².